The molecular weight excluding hydrogens is 360 g/mol. The smallest absolute Gasteiger partial charge is 0.276 e. The lowest BCUT2D eigenvalue weighted by atomic mass is 10.3. The fourth-order valence-electron chi connectivity index (χ4n) is 2.99. The molecule has 3 heterocycles. The Morgan fingerprint density at radius 1 is 1.28 bits per heavy atom. The quantitative estimate of drug-likeness (QED) is 0.683. The van der Waals surface area contributed by atoms with Crippen molar-refractivity contribution in [2.24, 2.45) is 0 Å². The molecule has 0 unspecified atom stereocenters. The number of hydrogen-bond donors (Lipinski definition) is 0. The van der Waals surface area contributed by atoms with Crippen LogP contribution in [0.5, 0.6) is 0 Å². The molecule has 0 radical (unpaired) electrons. The van der Waals surface area contributed by atoms with Crippen molar-refractivity contribution in [2.75, 3.05) is 31.1 Å². The lowest BCUT2D eigenvalue weighted by Gasteiger charge is -2.21. The molecule has 0 N–H and O–H groups in total. The highest BCUT2D eigenvalue weighted by Crippen LogP contribution is 2.31. The molecule has 25 heavy (non-hydrogen) atoms. The van der Waals surface area contributed by atoms with E-state index < -0.39 is 0 Å². The van der Waals surface area contributed by atoms with Crippen LogP contribution in [-0.4, -0.2) is 47.0 Å². The minimum atomic E-state index is -0.0656. The molecule has 0 aliphatic carbocycles. The maximum absolute atomic E-state index is 12.6. The normalized spacial score (nSPS) is 15.6. The van der Waals surface area contributed by atoms with Gasteiger partial charge in [0.25, 0.3) is 5.91 Å². The van der Waals surface area contributed by atoms with E-state index in [1.54, 1.807) is 18.3 Å². The largest absolute Gasteiger partial charge is 0.448 e. The zero-order chi connectivity index (χ0) is 17.4. The molecule has 0 bridgehead atoms. The van der Waals surface area contributed by atoms with Crippen molar-refractivity contribution in [1.82, 2.24) is 14.9 Å². The molecule has 0 saturated carbocycles. The number of carbonyl (C=O) groups excluding carboxylic acids is 1. The highest BCUT2D eigenvalue weighted by Gasteiger charge is 2.24. The van der Waals surface area contributed by atoms with Crippen molar-refractivity contribution in [1.29, 1.82) is 0 Å². The topological polar surface area (TPSA) is 62.5 Å². The second kappa shape index (κ2) is 6.65. The number of anilines is 1. The number of benzene rings is 1. The third-order valence-electron chi connectivity index (χ3n) is 4.34. The van der Waals surface area contributed by atoms with E-state index in [1.807, 2.05) is 23.1 Å². The average Bonchev–Trinajstić information content (AvgIpc) is 3.12. The molecule has 4 rings (SSSR count). The third-order valence-corrected chi connectivity index (χ3v) is 5.65. The van der Waals surface area contributed by atoms with Gasteiger partial charge in [0.15, 0.2) is 17.2 Å². The number of aromatic nitrogens is 2. The number of thiazole rings is 1. The van der Waals surface area contributed by atoms with E-state index in [0.29, 0.717) is 24.5 Å². The van der Waals surface area contributed by atoms with Gasteiger partial charge in [-0.2, -0.15) is 0 Å². The summed E-state index contributed by atoms with van der Waals surface area (Å²) in [5, 5.41) is 1.70. The van der Waals surface area contributed by atoms with Crippen molar-refractivity contribution in [2.45, 2.75) is 13.3 Å². The molecule has 0 atom stereocenters. The van der Waals surface area contributed by atoms with Crippen molar-refractivity contribution >= 4 is 44.2 Å². The minimum Gasteiger partial charge on any atom is -0.448 e. The SMILES string of the molecule is Cc1ocnc1C(=O)N1CCCN(c2nc3ccc(Cl)cc3s2)CC1. The van der Waals surface area contributed by atoms with E-state index in [0.717, 1.165) is 39.9 Å². The summed E-state index contributed by atoms with van der Waals surface area (Å²) in [5.74, 6) is 0.498. The Balaban J connectivity index is 1.50. The van der Waals surface area contributed by atoms with E-state index in [2.05, 4.69) is 9.88 Å². The van der Waals surface area contributed by atoms with Crippen LogP contribution in [0.3, 0.4) is 0 Å². The maximum Gasteiger partial charge on any atom is 0.276 e. The number of aryl methyl sites for hydroxylation is 1. The number of hydrogen-bond acceptors (Lipinski definition) is 6. The second-order valence-electron chi connectivity index (χ2n) is 6.00. The molecule has 1 amide bonds. The number of nitrogens with zero attached hydrogens (tertiary/aromatic N) is 4. The van der Waals surface area contributed by atoms with Crippen LogP contribution in [0.4, 0.5) is 5.13 Å². The number of oxazole rings is 1. The van der Waals surface area contributed by atoms with Gasteiger partial charge in [0.05, 0.1) is 10.2 Å². The van der Waals surface area contributed by atoms with Crippen LogP contribution >= 0.6 is 22.9 Å². The van der Waals surface area contributed by atoms with Gasteiger partial charge < -0.3 is 14.2 Å². The zero-order valence-electron chi connectivity index (χ0n) is 13.7. The van der Waals surface area contributed by atoms with Crippen molar-refractivity contribution in [3.05, 3.63) is 41.1 Å². The van der Waals surface area contributed by atoms with E-state index in [9.17, 15) is 4.79 Å². The van der Waals surface area contributed by atoms with Crippen molar-refractivity contribution < 1.29 is 9.21 Å². The molecule has 8 heteroatoms. The highest BCUT2D eigenvalue weighted by molar-refractivity contribution is 7.22. The molecular formula is C17H17ClN4O2S. The van der Waals surface area contributed by atoms with Crippen LogP contribution in [0.25, 0.3) is 10.2 Å². The van der Waals surface area contributed by atoms with Gasteiger partial charge >= 0.3 is 0 Å². The summed E-state index contributed by atoms with van der Waals surface area (Å²) >= 11 is 7.70. The summed E-state index contributed by atoms with van der Waals surface area (Å²) in [6.07, 6.45) is 2.21. The van der Waals surface area contributed by atoms with E-state index in [1.165, 1.54) is 6.39 Å². The highest BCUT2D eigenvalue weighted by atomic mass is 35.5. The predicted molar refractivity (Wildman–Crippen MR) is 98.6 cm³/mol. The average molecular weight is 377 g/mol. The molecule has 3 aromatic rings. The second-order valence-corrected chi connectivity index (χ2v) is 7.44. The minimum absolute atomic E-state index is 0.0656. The summed E-state index contributed by atoms with van der Waals surface area (Å²) < 4.78 is 6.23. The Hall–Kier alpha value is -2.12. The number of fused-ring (bicyclic) bond motifs is 1. The van der Waals surface area contributed by atoms with Crippen molar-refractivity contribution in [3.63, 3.8) is 0 Å². The molecule has 0 spiro atoms. The molecule has 1 aliphatic rings. The van der Waals surface area contributed by atoms with Crippen LogP contribution < -0.4 is 4.90 Å². The summed E-state index contributed by atoms with van der Waals surface area (Å²) in [4.78, 5) is 25.4. The van der Waals surface area contributed by atoms with Gasteiger partial charge in [-0.15, -0.1) is 0 Å². The summed E-state index contributed by atoms with van der Waals surface area (Å²) in [6, 6.07) is 5.74. The van der Waals surface area contributed by atoms with Crippen LogP contribution in [-0.2, 0) is 0 Å². The molecule has 1 saturated heterocycles. The van der Waals surface area contributed by atoms with Crippen molar-refractivity contribution in [3.8, 4) is 0 Å². The molecule has 130 valence electrons. The van der Waals surface area contributed by atoms with Gasteiger partial charge in [-0.3, -0.25) is 4.79 Å². The fourth-order valence-corrected chi connectivity index (χ4v) is 4.29. The third kappa shape index (κ3) is 3.21. The maximum atomic E-state index is 12.6. The fraction of sp³-hybridized carbons (Fsp3) is 0.353. The predicted octanol–water partition coefficient (Wildman–Crippen LogP) is 3.60. The standard InChI is InChI=1S/C17H17ClN4O2S/c1-11-15(19-10-24-11)16(23)21-5-2-6-22(8-7-21)17-20-13-4-3-12(18)9-14(13)25-17/h3-4,9-10H,2,5-8H2,1H3. The Bertz CT molecular complexity index is 922. The molecule has 1 aromatic carbocycles. The van der Waals surface area contributed by atoms with Gasteiger partial charge in [-0.1, -0.05) is 22.9 Å². The number of rotatable bonds is 2. The first-order valence-electron chi connectivity index (χ1n) is 8.12. The van der Waals surface area contributed by atoms with Gasteiger partial charge in [-0.05, 0) is 31.5 Å². The zero-order valence-corrected chi connectivity index (χ0v) is 15.3. The number of halogens is 1. The van der Waals surface area contributed by atoms with Crippen LogP contribution in [0.15, 0.2) is 29.0 Å². The molecule has 1 fully saturated rings. The Kier molecular flexibility index (Phi) is 4.35. The molecule has 1 aliphatic heterocycles. The first kappa shape index (κ1) is 16.4. The van der Waals surface area contributed by atoms with Crippen LogP contribution in [0.1, 0.15) is 22.7 Å². The van der Waals surface area contributed by atoms with Crippen LogP contribution in [0.2, 0.25) is 5.02 Å². The van der Waals surface area contributed by atoms with E-state index in [4.69, 9.17) is 21.0 Å². The molecule has 6 nitrogen and oxygen atoms in total. The number of amides is 1. The number of carbonyl (C=O) groups is 1. The lowest BCUT2D eigenvalue weighted by molar-refractivity contribution is 0.0760. The summed E-state index contributed by atoms with van der Waals surface area (Å²) in [7, 11) is 0. The Labute approximate surface area is 154 Å². The van der Waals surface area contributed by atoms with Gasteiger partial charge in [0, 0.05) is 31.2 Å². The monoisotopic (exact) mass is 376 g/mol. The van der Waals surface area contributed by atoms with Gasteiger partial charge in [0.1, 0.15) is 5.76 Å². The summed E-state index contributed by atoms with van der Waals surface area (Å²) in [6.45, 7) is 4.72. The van der Waals surface area contributed by atoms with Crippen LogP contribution in [0, 0.1) is 6.92 Å². The Morgan fingerprint density at radius 3 is 2.96 bits per heavy atom. The van der Waals surface area contributed by atoms with E-state index >= 15 is 0 Å². The first-order valence-corrected chi connectivity index (χ1v) is 9.31. The lowest BCUT2D eigenvalue weighted by Crippen LogP contribution is -2.35. The van der Waals surface area contributed by atoms with E-state index in [-0.39, 0.29) is 5.91 Å². The first-order chi connectivity index (χ1) is 12.1. The van der Waals surface area contributed by atoms with Gasteiger partial charge in [-0.25, -0.2) is 9.97 Å². The Morgan fingerprint density at radius 2 is 2.16 bits per heavy atom. The molecule has 2 aromatic heterocycles. The van der Waals surface area contributed by atoms with Gasteiger partial charge in [0.2, 0.25) is 0 Å². The summed E-state index contributed by atoms with van der Waals surface area (Å²) in [5.41, 5.74) is 1.36.